The number of carbonyl (C=O) groups excluding carboxylic acids is 1. The Morgan fingerprint density at radius 3 is 2.17 bits per heavy atom. The molecule has 3 N–H and O–H groups in total. The number of amides is 1. The lowest BCUT2D eigenvalue weighted by Crippen LogP contribution is -2.28. The van der Waals surface area contributed by atoms with Gasteiger partial charge in [0.25, 0.3) is 0 Å². The van der Waals surface area contributed by atoms with Crippen molar-refractivity contribution in [2.75, 3.05) is 47.7 Å². The van der Waals surface area contributed by atoms with Gasteiger partial charge in [0, 0.05) is 54.1 Å². The lowest BCUT2D eigenvalue weighted by molar-refractivity contribution is -0.116. The van der Waals surface area contributed by atoms with Crippen molar-refractivity contribution in [3.8, 4) is 0 Å². The van der Waals surface area contributed by atoms with Gasteiger partial charge in [0.05, 0.1) is 23.3 Å². The van der Waals surface area contributed by atoms with Crippen molar-refractivity contribution in [1.29, 1.82) is 0 Å². The molecule has 0 saturated heterocycles. The van der Waals surface area contributed by atoms with E-state index in [-0.39, 0.29) is 12.5 Å². The topological polar surface area (TPSA) is 77.5 Å². The van der Waals surface area contributed by atoms with Gasteiger partial charge < -0.3 is 20.6 Å². The molecular formula is C29H33ClN4O2. The summed E-state index contributed by atoms with van der Waals surface area (Å²) in [4.78, 5) is 19.2. The number of aromatic nitrogens is 1. The van der Waals surface area contributed by atoms with Crippen molar-refractivity contribution in [3.63, 3.8) is 0 Å². The Morgan fingerprint density at radius 2 is 1.53 bits per heavy atom. The number of aliphatic hydroxyl groups excluding tert-OH is 1. The Kier molecular flexibility index (Phi) is 9.36. The third-order valence-electron chi connectivity index (χ3n) is 6.21. The zero-order valence-corrected chi connectivity index (χ0v) is 21.2. The molecule has 0 aliphatic heterocycles. The molecule has 3 aromatic carbocycles. The second kappa shape index (κ2) is 13.1. The Morgan fingerprint density at radius 1 is 0.861 bits per heavy atom. The van der Waals surface area contributed by atoms with Gasteiger partial charge in [-0.25, -0.2) is 4.98 Å². The largest absolute Gasteiger partial charge is 0.395 e. The number of halogens is 1. The van der Waals surface area contributed by atoms with E-state index in [0.29, 0.717) is 25.4 Å². The molecule has 6 nitrogen and oxygen atoms in total. The normalized spacial score (nSPS) is 11.1. The molecule has 1 amide bonds. The smallest absolute Gasteiger partial charge is 0.224 e. The number of alkyl halides is 1. The lowest BCUT2D eigenvalue weighted by Gasteiger charge is -2.23. The number of fused-ring (bicyclic) bond motifs is 2. The maximum absolute atomic E-state index is 12.4. The van der Waals surface area contributed by atoms with Crippen LogP contribution in [0.1, 0.15) is 25.7 Å². The van der Waals surface area contributed by atoms with Gasteiger partial charge in [-0.1, -0.05) is 42.8 Å². The standard InChI is InChI=1S/C29H33ClN4O2/c30-17-19-34(20-21-35)23-15-13-22(14-16-23)32-28(36)12-2-1-7-18-31-29-24-8-3-5-10-26(24)33-27-11-6-4-9-25(27)29/h3-6,8-11,13-16,35H,1-2,7,12,17-21H2,(H,31,33)(H,32,36). The molecular weight excluding hydrogens is 472 g/mol. The fraction of sp³-hybridized carbons (Fsp3) is 0.310. The predicted molar refractivity (Wildman–Crippen MR) is 151 cm³/mol. The van der Waals surface area contributed by atoms with Crippen molar-refractivity contribution in [3.05, 3.63) is 72.8 Å². The van der Waals surface area contributed by atoms with Gasteiger partial charge in [-0.3, -0.25) is 4.79 Å². The molecule has 0 saturated carbocycles. The molecule has 0 radical (unpaired) electrons. The van der Waals surface area contributed by atoms with Crippen LogP contribution >= 0.6 is 11.6 Å². The fourth-order valence-corrected chi connectivity index (χ4v) is 4.61. The maximum atomic E-state index is 12.4. The Hall–Kier alpha value is -3.35. The van der Waals surface area contributed by atoms with Crippen LogP contribution in [0.4, 0.5) is 17.1 Å². The molecule has 0 aliphatic rings. The highest BCUT2D eigenvalue weighted by molar-refractivity contribution is 6.18. The highest BCUT2D eigenvalue weighted by Gasteiger charge is 2.09. The summed E-state index contributed by atoms with van der Waals surface area (Å²) in [5.74, 6) is 0.513. The zero-order valence-electron chi connectivity index (χ0n) is 20.4. The van der Waals surface area contributed by atoms with Crippen molar-refractivity contribution >= 4 is 56.4 Å². The van der Waals surface area contributed by atoms with Crippen LogP contribution in [0.3, 0.4) is 0 Å². The zero-order chi connectivity index (χ0) is 25.2. The fourth-order valence-electron chi connectivity index (χ4n) is 4.40. The summed E-state index contributed by atoms with van der Waals surface area (Å²) < 4.78 is 0. The highest BCUT2D eigenvalue weighted by atomic mass is 35.5. The minimum atomic E-state index is 0.0230. The summed E-state index contributed by atoms with van der Waals surface area (Å²) in [6.07, 6.45) is 3.28. The summed E-state index contributed by atoms with van der Waals surface area (Å²) in [5, 5.41) is 18.1. The van der Waals surface area contributed by atoms with Gasteiger partial charge in [0.2, 0.25) is 5.91 Å². The summed E-state index contributed by atoms with van der Waals surface area (Å²) >= 11 is 5.85. The summed E-state index contributed by atoms with van der Waals surface area (Å²) in [6.45, 7) is 2.10. The second-order valence-corrected chi connectivity index (χ2v) is 9.13. The molecule has 4 aromatic rings. The third-order valence-corrected chi connectivity index (χ3v) is 6.38. The van der Waals surface area contributed by atoms with Gasteiger partial charge >= 0.3 is 0 Å². The number of pyridine rings is 1. The van der Waals surface area contributed by atoms with Crippen LogP contribution in [0.15, 0.2) is 72.8 Å². The number of nitrogens with zero attached hydrogens (tertiary/aromatic N) is 2. The lowest BCUT2D eigenvalue weighted by atomic mass is 10.1. The first-order chi connectivity index (χ1) is 17.7. The monoisotopic (exact) mass is 504 g/mol. The van der Waals surface area contributed by atoms with E-state index in [1.54, 1.807) is 0 Å². The summed E-state index contributed by atoms with van der Waals surface area (Å²) in [6, 6.07) is 24.1. The molecule has 0 aliphatic carbocycles. The van der Waals surface area contributed by atoms with Crippen molar-refractivity contribution < 1.29 is 9.90 Å². The van der Waals surface area contributed by atoms with Crippen LogP contribution in [0, 0.1) is 0 Å². The van der Waals surface area contributed by atoms with Gasteiger partial charge in [0.15, 0.2) is 0 Å². The van der Waals surface area contributed by atoms with Gasteiger partial charge in [-0.05, 0) is 49.2 Å². The number of hydrogen-bond acceptors (Lipinski definition) is 5. The van der Waals surface area contributed by atoms with Crippen LogP contribution in [0.2, 0.25) is 0 Å². The average Bonchev–Trinajstić information content (AvgIpc) is 2.90. The highest BCUT2D eigenvalue weighted by Crippen LogP contribution is 2.30. The van der Waals surface area contributed by atoms with Crippen molar-refractivity contribution in [2.45, 2.75) is 25.7 Å². The SMILES string of the molecule is O=C(CCCCCNc1c2ccccc2nc2ccccc12)Nc1ccc(N(CCO)CCCl)cc1. The van der Waals surface area contributed by atoms with Gasteiger partial charge in [0.1, 0.15) is 0 Å². The molecule has 0 atom stereocenters. The number of aliphatic hydroxyl groups is 1. The molecule has 1 heterocycles. The van der Waals surface area contributed by atoms with E-state index in [9.17, 15) is 9.90 Å². The molecule has 188 valence electrons. The van der Waals surface area contributed by atoms with Crippen molar-refractivity contribution in [1.82, 2.24) is 4.98 Å². The molecule has 7 heteroatoms. The maximum Gasteiger partial charge on any atom is 0.224 e. The quantitative estimate of drug-likeness (QED) is 0.118. The van der Waals surface area contributed by atoms with E-state index in [1.165, 1.54) is 0 Å². The number of rotatable bonds is 13. The van der Waals surface area contributed by atoms with Crippen LogP contribution in [-0.2, 0) is 4.79 Å². The first kappa shape index (κ1) is 25.7. The Balaban J connectivity index is 1.23. The van der Waals surface area contributed by atoms with Crippen LogP contribution in [0.25, 0.3) is 21.8 Å². The first-order valence-corrected chi connectivity index (χ1v) is 13.1. The van der Waals surface area contributed by atoms with Crippen molar-refractivity contribution in [2.24, 2.45) is 0 Å². The van der Waals surface area contributed by atoms with E-state index >= 15 is 0 Å². The van der Waals surface area contributed by atoms with E-state index in [4.69, 9.17) is 16.6 Å². The second-order valence-electron chi connectivity index (χ2n) is 8.75. The molecule has 0 unspecified atom stereocenters. The molecule has 0 fully saturated rings. The van der Waals surface area contributed by atoms with Crippen LogP contribution < -0.4 is 15.5 Å². The number of nitrogens with one attached hydrogen (secondary N) is 2. The third kappa shape index (κ3) is 6.65. The number of para-hydroxylation sites is 2. The molecule has 4 rings (SSSR count). The molecule has 36 heavy (non-hydrogen) atoms. The van der Waals surface area contributed by atoms with E-state index in [0.717, 1.165) is 64.7 Å². The molecule has 0 spiro atoms. The number of anilines is 3. The average molecular weight is 505 g/mol. The minimum absolute atomic E-state index is 0.0230. The van der Waals surface area contributed by atoms with Gasteiger partial charge in [-0.15, -0.1) is 11.6 Å². The molecule has 1 aromatic heterocycles. The van der Waals surface area contributed by atoms with E-state index in [1.807, 2.05) is 65.6 Å². The summed E-state index contributed by atoms with van der Waals surface area (Å²) in [5.41, 5.74) is 4.86. The number of benzene rings is 3. The number of carbonyl (C=O) groups is 1. The van der Waals surface area contributed by atoms with Gasteiger partial charge in [-0.2, -0.15) is 0 Å². The van der Waals surface area contributed by atoms with Crippen LogP contribution in [0.5, 0.6) is 0 Å². The Bertz CT molecular complexity index is 1220. The summed E-state index contributed by atoms with van der Waals surface area (Å²) in [7, 11) is 0. The first-order valence-electron chi connectivity index (χ1n) is 12.5. The predicted octanol–water partition coefficient (Wildman–Crippen LogP) is 6.04. The Labute approximate surface area is 217 Å². The van der Waals surface area contributed by atoms with E-state index in [2.05, 4.69) is 22.8 Å². The minimum Gasteiger partial charge on any atom is -0.395 e. The van der Waals surface area contributed by atoms with Crippen LogP contribution in [-0.4, -0.2) is 48.1 Å². The number of hydrogen-bond donors (Lipinski definition) is 3. The van der Waals surface area contributed by atoms with E-state index < -0.39 is 0 Å². The molecule has 0 bridgehead atoms. The number of unbranched alkanes of at least 4 members (excludes halogenated alkanes) is 2.